The summed E-state index contributed by atoms with van der Waals surface area (Å²) in [6, 6.07) is 5.12. The Balaban J connectivity index is 2.23. The zero-order valence-corrected chi connectivity index (χ0v) is 13.1. The van der Waals surface area contributed by atoms with Crippen molar-refractivity contribution in [1.29, 1.82) is 0 Å². The van der Waals surface area contributed by atoms with Gasteiger partial charge in [-0.05, 0) is 25.5 Å². The van der Waals surface area contributed by atoms with Crippen LogP contribution in [0.25, 0.3) is 0 Å². The summed E-state index contributed by atoms with van der Waals surface area (Å²) < 4.78 is 20.3. The summed E-state index contributed by atoms with van der Waals surface area (Å²) in [7, 11) is 0. The molecule has 0 aliphatic rings. The molecule has 0 amide bonds. The van der Waals surface area contributed by atoms with Gasteiger partial charge in [0.2, 0.25) is 5.95 Å². The number of imidazole rings is 1. The van der Waals surface area contributed by atoms with Crippen molar-refractivity contribution in [2.24, 2.45) is 0 Å². The van der Waals surface area contributed by atoms with Crippen molar-refractivity contribution in [2.75, 3.05) is 11.9 Å². The van der Waals surface area contributed by atoms with E-state index < -0.39 is 11.9 Å². The van der Waals surface area contributed by atoms with Crippen molar-refractivity contribution in [3.8, 4) is 0 Å². The number of rotatable bonds is 6. The molecule has 2 heterocycles. The minimum atomic E-state index is -0.832. The predicted octanol–water partition coefficient (Wildman–Crippen LogP) is 2.97. The second-order valence-corrected chi connectivity index (χ2v) is 5.19. The summed E-state index contributed by atoms with van der Waals surface area (Å²) in [4.78, 5) is 19.8. The van der Waals surface area contributed by atoms with Gasteiger partial charge in [-0.1, -0.05) is 22.0 Å². The van der Waals surface area contributed by atoms with Crippen molar-refractivity contribution in [2.45, 2.75) is 19.4 Å². The molecule has 0 aromatic carbocycles. The topological polar surface area (TPSA) is 57.0 Å². The Morgan fingerprint density at radius 1 is 1.48 bits per heavy atom. The molecule has 0 bridgehead atoms. The van der Waals surface area contributed by atoms with Crippen LogP contribution in [0.2, 0.25) is 0 Å². The van der Waals surface area contributed by atoms with Crippen LogP contribution in [0.3, 0.4) is 0 Å². The smallest absolute Gasteiger partial charge is 0.359 e. The van der Waals surface area contributed by atoms with Gasteiger partial charge in [0.15, 0.2) is 5.69 Å². The van der Waals surface area contributed by atoms with Crippen LogP contribution in [-0.4, -0.2) is 32.4 Å². The van der Waals surface area contributed by atoms with Gasteiger partial charge in [-0.15, -0.1) is 0 Å². The van der Waals surface area contributed by atoms with E-state index in [1.165, 1.54) is 10.9 Å². The summed E-state index contributed by atoms with van der Waals surface area (Å²) >= 11 is 3.24. The number of hydrogen-bond acceptors (Lipinski definition) is 4. The molecule has 0 aliphatic heterocycles. The zero-order valence-electron chi connectivity index (χ0n) is 11.5. The van der Waals surface area contributed by atoms with E-state index in [1.54, 1.807) is 12.3 Å². The highest BCUT2D eigenvalue weighted by Crippen LogP contribution is 2.20. The van der Waals surface area contributed by atoms with Crippen molar-refractivity contribution < 1.29 is 13.9 Å². The summed E-state index contributed by atoms with van der Waals surface area (Å²) in [5, 5.41) is 0.715. The van der Waals surface area contributed by atoms with Crippen LogP contribution < -0.4 is 0 Å². The van der Waals surface area contributed by atoms with Gasteiger partial charge in [0.25, 0.3) is 0 Å². The predicted molar refractivity (Wildman–Crippen MR) is 78.9 cm³/mol. The molecule has 5 nitrogen and oxygen atoms in total. The normalized spacial score (nSPS) is 12.1. The first kappa shape index (κ1) is 15.6. The summed E-state index contributed by atoms with van der Waals surface area (Å²) in [5.41, 5.74) is 0.534. The number of halogens is 2. The Morgan fingerprint density at radius 2 is 2.29 bits per heavy atom. The maximum atomic E-state index is 13.8. The Kier molecular flexibility index (Phi) is 5.44. The highest BCUT2D eigenvalue weighted by molar-refractivity contribution is 9.09. The fraction of sp³-hybridized carbons (Fsp3) is 0.357. The van der Waals surface area contributed by atoms with E-state index in [1.807, 2.05) is 19.1 Å². The fourth-order valence-corrected chi connectivity index (χ4v) is 2.10. The number of carbonyl (C=O) groups excluding carboxylic acids is 1. The molecule has 2 aromatic rings. The van der Waals surface area contributed by atoms with Gasteiger partial charge in [-0.25, -0.2) is 9.78 Å². The van der Waals surface area contributed by atoms with Crippen molar-refractivity contribution in [1.82, 2.24) is 14.5 Å². The first-order valence-corrected chi connectivity index (χ1v) is 7.63. The Morgan fingerprint density at radius 3 is 2.95 bits per heavy atom. The monoisotopic (exact) mass is 355 g/mol. The lowest BCUT2D eigenvalue weighted by molar-refractivity contribution is 0.0486. The second-order valence-electron chi connectivity index (χ2n) is 4.40. The highest BCUT2D eigenvalue weighted by Gasteiger charge is 2.24. The van der Waals surface area contributed by atoms with Crippen LogP contribution >= 0.6 is 15.9 Å². The molecule has 7 heteroatoms. The Hall–Kier alpha value is -1.76. The van der Waals surface area contributed by atoms with Crippen LogP contribution in [-0.2, 0) is 4.74 Å². The van der Waals surface area contributed by atoms with E-state index in [0.717, 1.165) is 0 Å². The first-order chi connectivity index (χ1) is 10.1. The van der Waals surface area contributed by atoms with E-state index >= 15 is 0 Å². The third kappa shape index (κ3) is 3.66. The molecule has 2 aromatic heterocycles. The number of hydrogen-bond donors (Lipinski definition) is 0. The largest absolute Gasteiger partial charge is 0.461 e. The summed E-state index contributed by atoms with van der Waals surface area (Å²) in [6.45, 7) is 2.05. The summed E-state index contributed by atoms with van der Waals surface area (Å²) in [6.07, 6.45) is 3.60. The lowest BCUT2D eigenvalue weighted by Gasteiger charge is -2.15. The van der Waals surface area contributed by atoms with Gasteiger partial charge >= 0.3 is 5.97 Å². The lowest BCUT2D eigenvalue weighted by atomic mass is 10.2. The van der Waals surface area contributed by atoms with Crippen LogP contribution in [0.15, 0.2) is 30.7 Å². The molecule has 0 N–H and O–H groups in total. The van der Waals surface area contributed by atoms with E-state index in [-0.39, 0.29) is 18.3 Å². The molecule has 0 spiro atoms. The standard InChI is InChI=1S/C14H15BrFN3O2/c1-10(11-5-2-3-7-17-11)19-9-18-13(16)12(19)14(20)21-8-4-6-15/h2-3,5,7,9-10H,4,6,8H2,1H3/t10-/m1/s1. The van der Waals surface area contributed by atoms with Gasteiger partial charge in [0.05, 0.1) is 24.7 Å². The number of aromatic nitrogens is 3. The van der Waals surface area contributed by atoms with Gasteiger partial charge in [-0.2, -0.15) is 4.39 Å². The maximum absolute atomic E-state index is 13.8. The molecule has 1 atom stereocenters. The molecule has 0 radical (unpaired) electrons. The third-order valence-corrected chi connectivity index (χ3v) is 3.55. The average Bonchev–Trinajstić information content (AvgIpc) is 2.89. The molecular formula is C14H15BrFN3O2. The Labute approximate surface area is 130 Å². The minimum absolute atomic E-state index is 0.178. The molecular weight excluding hydrogens is 341 g/mol. The summed E-state index contributed by atoms with van der Waals surface area (Å²) in [5.74, 6) is -1.55. The third-order valence-electron chi connectivity index (χ3n) is 2.99. The van der Waals surface area contributed by atoms with Gasteiger partial charge in [0.1, 0.15) is 0 Å². The first-order valence-electron chi connectivity index (χ1n) is 6.51. The SMILES string of the molecule is C[C@H](c1ccccn1)n1cnc(F)c1C(=O)OCCCBr. The van der Waals surface area contributed by atoms with Gasteiger partial charge < -0.3 is 9.30 Å². The van der Waals surface area contributed by atoms with Crippen LogP contribution in [0, 0.1) is 5.95 Å². The van der Waals surface area contributed by atoms with Crippen LogP contribution in [0.5, 0.6) is 0 Å². The molecule has 0 fully saturated rings. The lowest BCUT2D eigenvalue weighted by Crippen LogP contribution is -2.18. The minimum Gasteiger partial charge on any atom is -0.461 e. The van der Waals surface area contributed by atoms with Crippen LogP contribution in [0.1, 0.15) is 35.6 Å². The number of esters is 1. The number of alkyl halides is 1. The fourth-order valence-electron chi connectivity index (χ4n) is 1.87. The number of carbonyl (C=O) groups is 1. The van der Waals surface area contributed by atoms with E-state index in [0.29, 0.717) is 17.4 Å². The molecule has 21 heavy (non-hydrogen) atoms. The number of pyridine rings is 1. The highest BCUT2D eigenvalue weighted by atomic mass is 79.9. The zero-order chi connectivity index (χ0) is 15.2. The van der Waals surface area contributed by atoms with Gasteiger partial charge in [0, 0.05) is 11.5 Å². The molecule has 0 aliphatic carbocycles. The maximum Gasteiger partial charge on any atom is 0.359 e. The van der Waals surface area contributed by atoms with Crippen molar-refractivity contribution in [3.63, 3.8) is 0 Å². The quantitative estimate of drug-likeness (QED) is 0.454. The van der Waals surface area contributed by atoms with E-state index in [2.05, 4.69) is 25.9 Å². The molecule has 0 unspecified atom stereocenters. The van der Waals surface area contributed by atoms with Crippen molar-refractivity contribution >= 4 is 21.9 Å². The van der Waals surface area contributed by atoms with Crippen molar-refractivity contribution in [3.05, 3.63) is 48.1 Å². The number of nitrogens with zero attached hydrogens (tertiary/aromatic N) is 3. The number of ether oxygens (including phenoxy) is 1. The molecule has 2 rings (SSSR count). The van der Waals surface area contributed by atoms with Crippen LogP contribution in [0.4, 0.5) is 4.39 Å². The molecule has 0 saturated carbocycles. The molecule has 112 valence electrons. The van der Waals surface area contributed by atoms with E-state index in [9.17, 15) is 9.18 Å². The average molecular weight is 356 g/mol. The Bertz CT molecular complexity index is 604. The second kappa shape index (κ2) is 7.31. The van der Waals surface area contributed by atoms with Gasteiger partial charge in [-0.3, -0.25) is 4.98 Å². The van der Waals surface area contributed by atoms with E-state index in [4.69, 9.17) is 4.74 Å². The molecule has 0 saturated heterocycles.